The minimum atomic E-state index is -0.161. The number of furan rings is 2. The van der Waals surface area contributed by atoms with Crippen molar-refractivity contribution < 1.29 is 18.4 Å². The molecule has 0 radical (unpaired) electrons. The van der Waals surface area contributed by atoms with Gasteiger partial charge in [0.05, 0.1) is 30.5 Å². The fourth-order valence-corrected chi connectivity index (χ4v) is 2.99. The first-order valence-electron chi connectivity index (χ1n) is 7.86. The molecule has 7 heteroatoms. The van der Waals surface area contributed by atoms with Gasteiger partial charge in [0.2, 0.25) is 5.91 Å². The van der Waals surface area contributed by atoms with Gasteiger partial charge in [-0.1, -0.05) is 6.07 Å². The predicted octanol–water partition coefficient (Wildman–Crippen LogP) is 3.28. The molecule has 0 spiro atoms. The zero-order chi connectivity index (χ0) is 17.5. The molecule has 0 unspecified atom stereocenters. The summed E-state index contributed by atoms with van der Waals surface area (Å²) in [6.07, 6.45) is 3.36. The van der Waals surface area contributed by atoms with Crippen molar-refractivity contribution in [3.8, 4) is 0 Å². The number of hydrogen-bond donors (Lipinski definition) is 1. The van der Waals surface area contributed by atoms with Gasteiger partial charge in [-0.05, 0) is 35.7 Å². The quantitative estimate of drug-likeness (QED) is 0.670. The van der Waals surface area contributed by atoms with Crippen LogP contribution in [-0.2, 0) is 17.9 Å². The van der Waals surface area contributed by atoms with E-state index in [4.69, 9.17) is 8.83 Å². The second-order valence-corrected chi connectivity index (χ2v) is 6.34. The Labute approximate surface area is 149 Å². The lowest BCUT2D eigenvalue weighted by atomic mass is 10.3. The summed E-state index contributed by atoms with van der Waals surface area (Å²) in [5.74, 6) is 1.15. The molecule has 3 heterocycles. The van der Waals surface area contributed by atoms with Crippen LogP contribution in [0.3, 0.4) is 0 Å². The van der Waals surface area contributed by atoms with Gasteiger partial charge in [0.25, 0.3) is 5.91 Å². The molecule has 3 rings (SSSR count). The highest BCUT2D eigenvalue weighted by Crippen LogP contribution is 2.13. The van der Waals surface area contributed by atoms with Crippen LogP contribution < -0.4 is 5.32 Å². The first-order chi connectivity index (χ1) is 12.2. The fraction of sp³-hybridized carbons (Fsp3) is 0.222. The second kappa shape index (κ2) is 8.34. The molecule has 0 saturated carbocycles. The molecule has 6 nitrogen and oxygen atoms in total. The molecule has 0 bridgehead atoms. The van der Waals surface area contributed by atoms with Gasteiger partial charge in [-0.25, -0.2) is 0 Å². The molecule has 0 fully saturated rings. The summed E-state index contributed by atoms with van der Waals surface area (Å²) in [5, 5.41) is 4.61. The van der Waals surface area contributed by atoms with Crippen molar-refractivity contribution in [2.24, 2.45) is 0 Å². The summed E-state index contributed by atoms with van der Waals surface area (Å²) < 4.78 is 10.7. The summed E-state index contributed by atoms with van der Waals surface area (Å²) in [6, 6.07) is 10.8. The van der Waals surface area contributed by atoms with E-state index in [1.807, 2.05) is 23.6 Å². The van der Waals surface area contributed by atoms with Crippen molar-refractivity contribution in [2.45, 2.75) is 19.5 Å². The maximum atomic E-state index is 12.6. The molecule has 1 N–H and O–H groups in total. The average Bonchev–Trinajstić information content (AvgIpc) is 3.37. The number of hydrogen-bond acceptors (Lipinski definition) is 5. The number of carbonyl (C=O) groups excluding carboxylic acids is 2. The molecule has 2 amide bonds. The molecule has 3 aromatic rings. The van der Waals surface area contributed by atoms with Gasteiger partial charge in [0.1, 0.15) is 11.5 Å². The molecule has 130 valence electrons. The highest BCUT2D eigenvalue weighted by atomic mass is 32.1. The van der Waals surface area contributed by atoms with E-state index in [2.05, 4.69) is 5.32 Å². The second-order valence-electron chi connectivity index (χ2n) is 5.39. The lowest BCUT2D eigenvalue weighted by Crippen LogP contribution is -2.33. The van der Waals surface area contributed by atoms with Crippen molar-refractivity contribution in [3.05, 3.63) is 70.7 Å². The summed E-state index contributed by atoms with van der Waals surface area (Å²) in [6.45, 7) is 0.985. The maximum Gasteiger partial charge on any atom is 0.261 e. The third-order valence-electron chi connectivity index (χ3n) is 3.58. The summed E-state index contributed by atoms with van der Waals surface area (Å²) in [4.78, 5) is 26.8. The predicted molar refractivity (Wildman–Crippen MR) is 92.9 cm³/mol. The molecule has 0 aliphatic heterocycles. The van der Waals surface area contributed by atoms with Crippen molar-refractivity contribution >= 4 is 23.2 Å². The fourth-order valence-electron chi connectivity index (χ4n) is 2.35. The zero-order valence-corrected chi connectivity index (χ0v) is 14.3. The lowest BCUT2D eigenvalue weighted by Gasteiger charge is -2.20. The third-order valence-corrected chi connectivity index (χ3v) is 4.44. The maximum absolute atomic E-state index is 12.6. The Balaban J connectivity index is 1.55. The van der Waals surface area contributed by atoms with Gasteiger partial charge >= 0.3 is 0 Å². The van der Waals surface area contributed by atoms with Crippen LogP contribution >= 0.6 is 11.3 Å². The van der Waals surface area contributed by atoms with E-state index >= 15 is 0 Å². The van der Waals surface area contributed by atoms with Gasteiger partial charge in [-0.15, -0.1) is 11.3 Å². The summed E-state index contributed by atoms with van der Waals surface area (Å²) >= 11 is 1.37. The van der Waals surface area contributed by atoms with E-state index in [-0.39, 0.29) is 24.8 Å². The minimum Gasteiger partial charge on any atom is -0.467 e. The molecular formula is C18H18N2O4S. The number of amides is 2. The van der Waals surface area contributed by atoms with Gasteiger partial charge in [0, 0.05) is 13.0 Å². The van der Waals surface area contributed by atoms with Gasteiger partial charge in [-0.2, -0.15) is 0 Å². The van der Waals surface area contributed by atoms with Crippen LogP contribution in [0.5, 0.6) is 0 Å². The SMILES string of the molecule is O=C(NCCC(=O)N(Cc1ccco1)Cc1ccco1)c1cccs1. The molecule has 0 aliphatic carbocycles. The van der Waals surface area contributed by atoms with Crippen LogP contribution in [0.15, 0.2) is 63.1 Å². The Bertz CT molecular complexity index is 743. The van der Waals surface area contributed by atoms with Crippen LogP contribution in [0.25, 0.3) is 0 Å². The molecular weight excluding hydrogens is 340 g/mol. The van der Waals surface area contributed by atoms with Crippen molar-refractivity contribution in [3.63, 3.8) is 0 Å². The van der Waals surface area contributed by atoms with Crippen LogP contribution in [0.2, 0.25) is 0 Å². The molecule has 3 aromatic heterocycles. The van der Waals surface area contributed by atoms with E-state index in [9.17, 15) is 9.59 Å². The minimum absolute atomic E-state index is 0.0840. The Morgan fingerprint density at radius 1 is 1.00 bits per heavy atom. The first-order valence-corrected chi connectivity index (χ1v) is 8.74. The van der Waals surface area contributed by atoms with E-state index in [1.165, 1.54) is 11.3 Å². The van der Waals surface area contributed by atoms with Crippen molar-refractivity contribution in [2.75, 3.05) is 6.54 Å². The highest BCUT2D eigenvalue weighted by Gasteiger charge is 2.17. The van der Waals surface area contributed by atoms with E-state index in [0.717, 1.165) is 0 Å². The van der Waals surface area contributed by atoms with Crippen molar-refractivity contribution in [1.29, 1.82) is 0 Å². The number of rotatable bonds is 8. The number of nitrogens with zero attached hydrogens (tertiary/aromatic N) is 1. The Morgan fingerprint density at radius 2 is 1.68 bits per heavy atom. The number of carbonyl (C=O) groups is 2. The molecule has 0 aliphatic rings. The van der Waals surface area contributed by atoms with Crippen LogP contribution in [0.4, 0.5) is 0 Å². The monoisotopic (exact) mass is 358 g/mol. The van der Waals surface area contributed by atoms with Gasteiger partial charge in [0.15, 0.2) is 0 Å². The Morgan fingerprint density at radius 3 is 2.20 bits per heavy atom. The molecule has 25 heavy (non-hydrogen) atoms. The van der Waals surface area contributed by atoms with Crippen molar-refractivity contribution in [1.82, 2.24) is 10.2 Å². The average molecular weight is 358 g/mol. The normalized spacial score (nSPS) is 10.6. The first kappa shape index (κ1) is 17.0. The van der Waals surface area contributed by atoms with Crippen LogP contribution in [0.1, 0.15) is 27.6 Å². The van der Waals surface area contributed by atoms with E-state index < -0.39 is 0 Å². The Hall–Kier alpha value is -2.80. The number of nitrogens with one attached hydrogen (secondary N) is 1. The van der Waals surface area contributed by atoms with Gasteiger partial charge < -0.3 is 19.1 Å². The largest absolute Gasteiger partial charge is 0.467 e. The smallest absolute Gasteiger partial charge is 0.261 e. The molecule has 0 aromatic carbocycles. The number of thiophene rings is 1. The van der Waals surface area contributed by atoms with Crippen LogP contribution in [-0.4, -0.2) is 23.3 Å². The lowest BCUT2D eigenvalue weighted by molar-refractivity contribution is -0.132. The van der Waals surface area contributed by atoms with E-state index in [1.54, 1.807) is 35.6 Å². The van der Waals surface area contributed by atoms with E-state index in [0.29, 0.717) is 29.5 Å². The summed E-state index contributed by atoms with van der Waals surface area (Å²) in [7, 11) is 0. The topological polar surface area (TPSA) is 75.7 Å². The van der Waals surface area contributed by atoms with Gasteiger partial charge in [-0.3, -0.25) is 9.59 Å². The van der Waals surface area contributed by atoms with Crippen LogP contribution in [0, 0.1) is 0 Å². The summed E-state index contributed by atoms with van der Waals surface area (Å²) in [5.41, 5.74) is 0. The third kappa shape index (κ3) is 4.84. The standard InChI is InChI=1S/C18H18N2O4S/c21-17(7-8-19-18(22)16-6-3-11-25-16)20(12-14-4-1-9-23-14)13-15-5-2-10-24-15/h1-6,9-11H,7-8,12-13H2,(H,19,22). The highest BCUT2D eigenvalue weighted by molar-refractivity contribution is 7.12. The molecule has 0 atom stereocenters. The Kier molecular flexibility index (Phi) is 5.69. The zero-order valence-electron chi connectivity index (χ0n) is 13.5. The molecule has 0 saturated heterocycles.